The summed E-state index contributed by atoms with van der Waals surface area (Å²) in [6.45, 7) is 4.27. The lowest BCUT2D eigenvalue weighted by Gasteiger charge is -2.23. The summed E-state index contributed by atoms with van der Waals surface area (Å²) in [4.78, 5) is 13.9. The van der Waals surface area contributed by atoms with E-state index in [1.165, 1.54) is 6.07 Å². The van der Waals surface area contributed by atoms with Crippen LogP contribution < -0.4 is 10.1 Å². The van der Waals surface area contributed by atoms with Crippen molar-refractivity contribution >= 4 is 11.7 Å². The molecule has 6 nitrogen and oxygen atoms in total. The van der Waals surface area contributed by atoms with Gasteiger partial charge in [-0.3, -0.25) is 9.69 Å². The Morgan fingerprint density at radius 1 is 1.48 bits per heavy atom. The topological polar surface area (TPSA) is 67.6 Å². The fraction of sp³-hybridized carbons (Fsp3) is 0.375. The first-order chi connectivity index (χ1) is 11.0. The van der Waals surface area contributed by atoms with E-state index in [1.54, 1.807) is 45.2 Å². The highest BCUT2D eigenvalue weighted by Gasteiger charge is 2.19. The fourth-order valence-electron chi connectivity index (χ4n) is 1.91. The van der Waals surface area contributed by atoms with Crippen LogP contribution in [0.3, 0.4) is 0 Å². The van der Waals surface area contributed by atoms with Crippen LogP contribution >= 0.6 is 0 Å². The Morgan fingerprint density at radius 3 is 2.87 bits per heavy atom. The van der Waals surface area contributed by atoms with Crippen LogP contribution in [0.1, 0.15) is 12.7 Å². The van der Waals surface area contributed by atoms with Crippen LogP contribution in [0.2, 0.25) is 0 Å². The van der Waals surface area contributed by atoms with Crippen LogP contribution in [0.4, 0.5) is 10.2 Å². The zero-order valence-electron chi connectivity index (χ0n) is 13.4. The van der Waals surface area contributed by atoms with Crippen molar-refractivity contribution in [2.75, 3.05) is 25.5 Å². The van der Waals surface area contributed by atoms with Crippen LogP contribution in [0, 0.1) is 12.7 Å². The number of carbonyl (C=O) groups excluding carboxylic acids is 1. The molecular weight excluding hydrogens is 301 g/mol. The number of hydrogen-bond donors (Lipinski definition) is 1. The normalized spacial score (nSPS) is 12.2. The number of anilines is 1. The van der Waals surface area contributed by atoms with Crippen molar-refractivity contribution in [1.82, 2.24) is 10.1 Å². The first-order valence-corrected chi connectivity index (χ1v) is 7.29. The van der Waals surface area contributed by atoms with Crippen molar-refractivity contribution in [3.63, 3.8) is 0 Å². The second kappa shape index (κ2) is 7.73. The van der Waals surface area contributed by atoms with E-state index in [2.05, 4.69) is 10.5 Å². The summed E-state index contributed by atoms with van der Waals surface area (Å²) in [5.41, 5.74) is 0. The van der Waals surface area contributed by atoms with Crippen molar-refractivity contribution in [3.8, 4) is 5.75 Å². The van der Waals surface area contributed by atoms with Crippen LogP contribution in [0.5, 0.6) is 5.75 Å². The molecule has 0 fully saturated rings. The monoisotopic (exact) mass is 321 g/mol. The van der Waals surface area contributed by atoms with Crippen LogP contribution in [-0.4, -0.2) is 42.2 Å². The highest BCUT2D eigenvalue weighted by atomic mass is 19.1. The van der Waals surface area contributed by atoms with Gasteiger partial charge in [-0.15, -0.1) is 0 Å². The minimum absolute atomic E-state index is 0.202. The van der Waals surface area contributed by atoms with E-state index in [0.29, 0.717) is 18.1 Å². The number of hydrogen-bond acceptors (Lipinski definition) is 5. The lowest BCUT2D eigenvalue weighted by Crippen LogP contribution is -2.41. The van der Waals surface area contributed by atoms with Gasteiger partial charge < -0.3 is 14.6 Å². The highest BCUT2D eigenvalue weighted by Crippen LogP contribution is 2.15. The number of aromatic nitrogens is 1. The molecule has 0 aliphatic heterocycles. The Labute approximate surface area is 134 Å². The number of ether oxygens (including phenoxy) is 1. The number of likely N-dealkylation sites (N-methyl/N-ethyl adjacent to an activating group) is 1. The van der Waals surface area contributed by atoms with Gasteiger partial charge in [0, 0.05) is 12.6 Å². The van der Waals surface area contributed by atoms with Gasteiger partial charge in [0.15, 0.2) is 17.4 Å². The molecule has 1 atom stereocenters. The maximum atomic E-state index is 13.4. The molecule has 0 spiro atoms. The van der Waals surface area contributed by atoms with E-state index in [4.69, 9.17) is 9.26 Å². The Balaban J connectivity index is 1.79. The molecule has 2 rings (SSSR count). The Hall–Kier alpha value is -2.41. The summed E-state index contributed by atoms with van der Waals surface area (Å²) < 4.78 is 23.7. The first-order valence-electron chi connectivity index (χ1n) is 7.29. The summed E-state index contributed by atoms with van der Waals surface area (Å²) in [5.74, 6) is 0.611. The Kier molecular flexibility index (Phi) is 5.70. The van der Waals surface area contributed by atoms with Crippen molar-refractivity contribution in [2.45, 2.75) is 19.9 Å². The minimum atomic E-state index is -0.401. The van der Waals surface area contributed by atoms with Gasteiger partial charge in [-0.2, -0.15) is 0 Å². The summed E-state index contributed by atoms with van der Waals surface area (Å²) in [6, 6.07) is 7.47. The molecule has 0 radical (unpaired) electrons. The van der Waals surface area contributed by atoms with Gasteiger partial charge in [0.25, 0.3) is 0 Å². The first kappa shape index (κ1) is 17.0. The van der Waals surface area contributed by atoms with Crippen molar-refractivity contribution in [1.29, 1.82) is 0 Å². The number of amides is 1. The predicted octanol–water partition coefficient (Wildman–Crippen LogP) is 2.46. The number of nitrogens with zero attached hydrogens (tertiary/aromatic N) is 2. The Bertz CT molecular complexity index is 660. The highest BCUT2D eigenvalue weighted by molar-refractivity contribution is 5.93. The van der Waals surface area contributed by atoms with Crippen LogP contribution in [0.15, 0.2) is 34.9 Å². The molecule has 7 heteroatoms. The third kappa shape index (κ3) is 4.79. The smallest absolute Gasteiger partial charge is 0.242 e. The van der Waals surface area contributed by atoms with Gasteiger partial charge in [-0.25, -0.2) is 4.39 Å². The SMILES string of the molecule is Cc1cc(NC(=O)[C@H](C)N(C)CCOc2ccccc2F)no1. The van der Waals surface area contributed by atoms with E-state index in [1.807, 2.05) is 4.90 Å². The molecular formula is C16H20FN3O3. The molecule has 0 bridgehead atoms. The molecule has 0 aliphatic rings. The second-order valence-corrected chi connectivity index (χ2v) is 5.25. The molecule has 0 saturated carbocycles. The maximum Gasteiger partial charge on any atom is 0.242 e. The zero-order valence-corrected chi connectivity index (χ0v) is 13.4. The van der Waals surface area contributed by atoms with E-state index in [-0.39, 0.29) is 18.3 Å². The van der Waals surface area contributed by atoms with Gasteiger partial charge in [-0.05, 0) is 33.0 Å². The van der Waals surface area contributed by atoms with Gasteiger partial charge in [-0.1, -0.05) is 17.3 Å². The fourth-order valence-corrected chi connectivity index (χ4v) is 1.91. The third-order valence-corrected chi connectivity index (χ3v) is 3.46. The van der Waals surface area contributed by atoms with Crippen molar-refractivity contribution in [3.05, 3.63) is 41.9 Å². The quantitative estimate of drug-likeness (QED) is 0.848. The van der Waals surface area contributed by atoms with Gasteiger partial charge in [0.1, 0.15) is 12.4 Å². The number of halogens is 1. The zero-order chi connectivity index (χ0) is 16.8. The van der Waals surface area contributed by atoms with Gasteiger partial charge in [0.05, 0.1) is 6.04 Å². The molecule has 0 aliphatic carbocycles. The largest absolute Gasteiger partial charge is 0.489 e. The van der Waals surface area contributed by atoms with Crippen molar-refractivity contribution in [2.24, 2.45) is 0 Å². The second-order valence-electron chi connectivity index (χ2n) is 5.25. The third-order valence-electron chi connectivity index (χ3n) is 3.46. The van der Waals surface area contributed by atoms with Gasteiger partial charge in [0.2, 0.25) is 5.91 Å². The maximum absolute atomic E-state index is 13.4. The summed E-state index contributed by atoms with van der Waals surface area (Å²) in [5, 5.41) is 6.39. The average Bonchev–Trinajstić information content (AvgIpc) is 2.93. The molecule has 23 heavy (non-hydrogen) atoms. The molecule has 1 aromatic heterocycles. The lowest BCUT2D eigenvalue weighted by atomic mass is 10.2. The number of rotatable bonds is 7. The molecule has 2 aromatic rings. The summed E-state index contributed by atoms with van der Waals surface area (Å²) in [7, 11) is 1.79. The van der Waals surface area contributed by atoms with E-state index in [9.17, 15) is 9.18 Å². The van der Waals surface area contributed by atoms with E-state index in [0.717, 1.165) is 0 Å². The summed E-state index contributed by atoms with van der Waals surface area (Å²) >= 11 is 0. The minimum Gasteiger partial charge on any atom is -0.489 e. The standard InChI is InChI=1S/C16H20FN3O3/c1-11-10-15(19-23-11)18-16(21)12(2)20(3)8-9-22-14-7-5-4-6-13(14)17/h4-7,10,12H,8-9H2,1-3H3,(H,18,19,21)/t12-/m0/s1. The molecule has 1 N–H and O–H groups in total. The molecule has 124 valence electrons. The molecule has 1 amide bonds. The average molecular weight is 321 g/mol. The molecule has 1 heterocycles. The number of nitrogens with one attached hydrogen (secondary N) is 1. The Morgan fingerprint density at radius 2 is 2.22 bits per heavy atom. The number of carbonyl (C=O) groups is 1. The predicted molar refractivity (Wildman–Crippen MR) is 83.9 cm³/mol. The van der Waals surface area contributed by atoms with Crippen LogP contribution in [-0.2, 0) is 4.79 Å². The summed E-state index contributed by atoms with van der Waals surface area (Å²) in [6.07, 6.45) is 0. The lowest BCUT2D eigenvalue weighted by molar-refractivity contribution is -0.120. The molecule has 0 saturated heterocycles. The van der Waals surface area contributed by atoms with Crippen molar-refractivity contribution < 1.29 is 18.4 Å². The number of aryl methyl sites for hydroxylation is 1. The van der Waals surface area contributed by atoms with E-state index < -0.39 is 11.9 Å². The molecule has 0 unspecified atom stereocenters. The van der Waals surface area contributed by atoms with Crippen LogP contribution in [0.25, 0.3) is 0 Å². The number of benzene rings is 1. The van der Waals surface area contributed by atoms with Gasteiger partial charge >= 0.3 is 0 Å². The molecule has 1 aromatic carbocycles. The number of para-hydroxylation sites is 1. The van der Waals surface area contributed by atoms with E-state index >= 15 is 0 Å².